The molecule has 0 aliphatic carbocycles. The molecule has 0 bridgehead atoms. The third-order valence-corrected chi connectivity index (χ3v) is 4.38. The fourth-order valence-corrected chi connectivity index (χ4v) is 2.87. The van der Waals surface area contributed by atoms with Crippen molar-refractivity contribution in [1.82, 2.24) is 0 Å². The maximum atomic E-state index is 9.11. The summed E-state index contributed by atoms with van der Waals surface area (Å²) in [5, 5.41) is 17.7. The van der Waals surface area contributed by atoms with Crippen LogP contribution in [0.15, 0.2) is 109 Å². The maximum absolute atomic E-state index is 9.11. The van der Waals surface area contributed by atoms with Crippen LogP contribution < -0.4 is 9.47 Å². The predicted molar refractivity (Wildman–Crippen MR) is 134 cm³/mol. The molecule has 0 amide bonds. The zero-order valence-corrected chi connectivity index (χ0v) is 19.2. The first-order valence-corrected chi connectivity index (χ1v) is 11.2. The van der Waals surface area contributed by atoms with E-state index in [2.05, 4.69) is 0 Å². The van der Waals surface area contributed by atoms with Crippen molar-refractivity contribution in [1.29, 1.82) is 0 Å². The summed E-state index contributed by atoms with van der Waals surface area (Å²) in [5.41, 5.74) is 1.20. The molecule has 0 atom stereocenters. The van der Waals surface area contributed by atoms with Gasteiger partial charge in [-0.15, -0.1) is 0 Å². The highest BCUT2D eigenvalue weighted by atomic mass is 16.5. The minimum Gasteiger partial charge on any atom is -0.508 e. The Morgan fingerprint density at radius 3 is 1.64 bits per heavy atom. The molecule has 33 heavy (non-hydrogen) atoms. The molecular formula is C29H32O4. The number of aromatic hydroxyl groups is 2. The van der Waals surface area contributed by atoms with E-state index in [1.54, 1.807) is 36.4 Å². The van der Waals surface area contributed by atoms with Crippen LogP contribution in [0.5, 0.6) is 28.7 Å². The van der Waals surface area contributed by atoms with Crippen LogP contribution in [0.3, 0.4) is 0 Å². The molecule has 0 saturated carbocycles. The van der Waals surface area contributed by atoms with Gasteiger partial charge in [0.2, 0.25) is 0 Å². The average Bonchev–Trinajstić information content (AvgIpc) is 2.88. The quantitative estimate of drug-likeness (QED) is 0.334. The minimum atomic E-state index is 0.283. The van der Waals surface area contributed by atoms with Gasteiger partial charge in [-0.3, -0.25) is 0 Å². The lowest BCUT2D eigenvalue weighted by atomic mass is 10.1. The second kappa shape index (κ2) is 15.0. The van der Waals surface area contributed by atoms with Gasteiger partial charge >= 0.3 is 0 Å². The molecule has 0 spiro atoms. The number of phenols is 2. The van der Waals surface area contributed by atoms with Gasteiger partial charge in [-0.25, -0.2) is 0 Å². The molecule has 0 fully saturated rings. The van der Waals surface area contributed by atoms with E-state index in [-0.39, 0.29) is 5.75 Å². The fourth-order valence-electron chi connectivity index (χ4n) is 2.87. The zero-order chi connectivity index (χ0) is 23.7. The van der Waals surface area contributed by atoms with Crippen LogP contribution in [-0.4, -0.2) is 16.8 Å². The second-order valence-corrected chi connectivity index (χ2v) is 6.81. The van der Waals surface area contributed by atoms with Crippen LogP contribution in [-0.2, 0) is 6.42 Å². The smallest absolute Gasteiger partial charge is 0.127 e. The van der Waals surface area contributed by atoms with E-state index < -0.39 is 0 Å². The second-order valence-electron chi connectivity index (χ2n) is 6.81. The highest BCUT2D eigenvalue weighted by molar-refractivity contribution is 5.41. The van der Waals surface area contributed by atoms with Crippen molar-refractivity contribution in [3.63, 3.8) is 0 Å². The van der Waals surface area contributed by atoms with Crippen molar-refractivity contribution in [2.24, 2.45) is 0 Å². The Kier molecular flexibility index (Phi) is 11.5. The molecule has 4 nitrogen and oxygen atoms in total. The zero-order valence-electron chi connectivity index (χ0n) is 19.2. The fraction of sp³-hybridized carbons (Fsp3) is 0.172. The average molecular weight is 445 g/mol. The molecular weight excluding hydrogens is 412 g/mol. The number of phenolic OH excluding ortho intramolecular Hbond substituents is 2. The lowest BCUT2D eigenvalue weighted by Gasteiger charge is -2.16. The normalized spacial score (nSPS) is 10.8. The first kappa shape index (κ1) is 25.3. The van der Waals surface area contributed by atoms with Crippen molar-refractivity contribution in [3.8, 4) is 28.7 Å². The molecule has 0 unspecified atom stereocenters. The first-order valence-electron chi connectivity index (χ1n) is 11.2. The summed E-state index contributed by atoms with van der Waals surface area (Å²) in [7, 11) is 0. The van der Waals surface area contributed by atoms with E-state index in [0.717, 1.165) is 36.7 Å². The van der Waals surface area contributed by atoms with Crippen LogP contribution in [0, 0.1) is 0 Å². The number of ether oxygens (including phenoxy) is 2. The van der Waals surface area contributed by atoms with Crippen LogP contribution in [0.4, 0.5) is 0 Å². The Labute approximate surface area is 196 Å². The Bertz CT molecular complexity index is 982. The Morgan fingerprint density at radius 2 is 1.15 bits per heavy atom. The molecule has 1 aliphatic rings. The Morgan fingerprint density at radius 1 is 0.636 bits per heavy atom. The summed E-state index contributed by atoms with van der Waals surface area (Å²) >= 11 is 0. The van der Waals surface area contributed by atoms with E-state index in [1.165, 1.54) is 5.56 Å². The molecule has 4 aromatic rings. The number of aryl methyl sites for hydroxylation is 1. The van der Waals surface area contributed by atoms with Crippen molar-refractivity contribution < 1.29 is 19.7 Å². The number of hydrogen-bond donors (Lipinski definition) is 2. The molecule has 4 aromatic carbocycles. The molecule has 0 saturated heterocycles. The van der Waals surface area contributed by atoms with Crippen LogP contribution in [0.25, 0.3) is 0 Å². The third-order valence-electron chi connectivity index (χ3n) is 4.38. The first-order chi connectivity index (χ1) is 16.2. The van der Waals surface area contributed by atoms with Gasteiger partial charge in [0.15, 0.2) is 0 Å². The van der Waals surface area contributed by atoms with Gasteiger partial charge in [-0.05, 0) is 60.9 Å². The summed E-state index contributed by atoms with van der Waals surface area (Å²) in [4.78, 5) is 0. The van der Waals surface area contributed by atoms with Crippen LogP contribution in [0.1, 0.15) is 25.8 Å². The standard InChI is InChI=1S/C12H10O.C9H10O2.C6H6O.C2H6/c1-3-7-11(8-4-1)13-12-9-5-2-6-10-12;10-8-4-3-7-2-1-5-11-9(7)6-8;7-6-4-2-1-3-5-6;1-2/h1-10H;3-4,6,10H,1-2,5H2;1-5,7H;1-2H3. The van der Waals surface area contributed by atoms with Crippen molar-refractivity contribution in [2.45, 2.75) is 26.7 Å². The Hall–Kier alpha value is -3.92. The monoisotopic (exact) mass is 444 g/mol. The van der Waals surface area contributed by atoms with Crippen LogP contribution >= 0.6 is 0 Å². The van der Waals surface area contributed by atoms with Crippen molar-refractivity contribution >= 4 is 0 Å². The molecule has 0 aromatic heterocycles. The SMILES string of the molecule is CC.Oc1ccc2c(c1)OCCC2.Oc1ccccc1.c1ccc(Oc2ccccc2)cc1. The van der Waals surface area contributed by atoms with Crippen molar-refractivity contribution in [2.75, 3.05) is 6.61 Å². The lowest BCUT2D eigenvalue weighted by molar-refractivity contribution is 0.286. The molecule has 4 heteroatoms. The largest absolute Gasteiger partial charge is 0.508 e. The van der Waals surface area contributed by atoms with Gasteiger partial charge in [0, 0.05) is 6.07 Å². The van der Waals surface area contributed by atoms with Gasteiger partial charge in [0.25, 0.3) is 0 Å². The molecule has 5 rings (SSSR count). The van der Waals surface area contributed by atoms with E-state index in [0.29, 0.717) is 5.75 Å². The van der Waals surface area contributed by atoms with Gasteiger partial charge in [-0.2, -0.15) is 0 Å². The highest BCUT2D eigenvalue weighted by Gasteiger charge is 2.09. The molecule has 172 valence electrons. The maximum Gasteiger partial charge on any atom is 0.127 e. The number of rotatable bonds is 2. The Balaban J connectivity index is 0.000000175. The molecule has 2 N–H and O–H groups in total. The number of fused-ring (bicyclic) bond motifs is 1. The lowest BCUT2D eigenvalue weighted by Crippen LogP contribution is -2.07. The predicted octanol–water partition coefficient (Wildman–Crippen LogP) is 7.61. The topological polar surface area (TPSA) is 58.9 Å². The van der Waals surface area contributed by atoms with Crippen LogP contribution in [0.2, 0.25) is 0 Å². The summed E-state index contributed by atoms with van der Waals surface area (Å²) in [6, 6.07) is 33.5. The van der Waals surface area contributed by atoms with E-state index in [4.69, 9.17) is 19.7 Å². The third kappa shape index (κ3) is 9.83. The minimum absolute atomic E-state index is 0.283. The molecule has 1 heterocycles. The van der Waals surface area contributed by atoms with Gasteiger partial charge in [0.1, 0.15) is 28.7 Å². The summed E-state index contributed by atoms with van der Waals surface area (Å²) in [5.74, 6) is 3.19. The van der Waals surface area contributed by atoms with E-state index in [9.17, 15) is 0 Å². The number of benzene rings is 4. The highest BCUT2D eigenvalue weighted by Crippen LogP contribution is 2.28. The summed E-state index contributed by atoms with van der Waals surface area (Å²) in [6.07, 6.45) is 2.15. The molecule has 1 aliphatic heterocycles. The van der Waals surface area contributed by atoms with Crippen molar-refractivity contribution in [3.05, 3.63) is 115 Å². The van der Waals surface area contributed by atoms with Gasteiger partial charge in [-0.1, -0.05) is 74.5 Å². The number of para-hydroxylation sites is 3. The number of hydrogen-bond acceptors (Lipinski definition) is 4. The van der Waals surface area contributed by atoms with Gasteiger partial charge < -0.3 is 19.7 Å². The van der Waals surface area contributed by atoms with E-state index >= 15 is 0 Å². The molecule has 0 radical (unpaired) electrons. The van der Waals surface area contributed by atoms with E-state index in [1.807, 2.05) is 86.6 Å². The summed E-state index contributed by atoms with van der Waals surface area (Å²) < 4.78 is 10.9. The summed E-state index contributed by atoms with van der Waals surface area (Å²) in [6.45, 7) is 4.77. The van der Waals surface area contributed by atoms with Gasteiger partial charge in [0.05, 0.1) is 6.61 Å².